The van der Waals surface area contributed by atoms with Gasteiger partial charge >= 0.3 is 5.97 Å². The molecule has 1 fully saturated rings. The summed E-state index contributed by atoms with van der Waals surface area (Å²) in [5.74, 6) is -0.316. The third-order valence-corrected chi connectivity index (χ3v) is 3.55. The van der Waals surface area contributed by atoms with Crippen LogP contribution >= 0.6 is 0 Å². The van der Waals surface area contributed by atoms with Crippen LogP contribution in [-0.2, 0) is 9.53 Å². The molecular weight excluding hydrogens is 270 g/mol. The Balaban J connectivity index is 2.20. The maximum absolute atomic E-state index is 11.9. The highest BCUT2D eigenvalue weighted by Crippen LogP contribution is 2.26. The van der Waals surface area contributed by atoms with Crippen LogP contribution in [0.4, 0.5) is 11.4 Å². The van der Waals surface area contributed by atoms with E-state index in [1.54, 1.807) is 37.1 Å². The lowest BCUT2D eigenvalue weighted by molar-refractivity contribution is -0.127. The number of benzene rings is 1. The highest BCUT2D eigenvalue weighted by Gasteiger charge is 2.21. The molecule has 1 aromatic carbocycles. The summed E-state index contributed by atoms with van der Waals surface area (Å²) >= 11 is 0. The minimum absolute atomic E-state index is 0.0707. The summed E-state index contributed by atoms with van der Waals surface area (Å²) in [6.07, 6.45) is 0.890. The molecule has 0 unspecified atom stereocenters. The summed E-state index contributed by atoms with van der Waals surface area (Å²) in [7, 11) is 1.80. The lowest BCUT2D eigenvalue weighted by atomic mass is 10.1. The normalized spacial score (nSPS) is 15.8. The van der Waals surface area contributed by atoms with E-state index < -0.39 is 0 Å². The average molecular weight is 291 g/mol. The number of esters is 1. The third kappa shape index (κ3) is 3.45. The summed E-state index contributed by atoms with van der Waals surface area (Å²) in [6, 6.07) is 5.06. The number of nitrogens with two attached hydrogens (primary N) is 1. The van der Waals surface area contributed by atoms with Crippen molar-refractivity contribution < 1.29 is 14.3 Å². The maximum Gasteiger partial charge on any atom is 0.338 e. The second-order valence-corrected chi connectivity index (χ2v) is 5.08. The first-order chi connectivity index (χ1) is 10.0. The van der Waals surface area contributed by atoms with Gasteiger partial charge in [-0.1, -0.05) is 0 Å². The van der Waals surface area contributed by atoms with Crippen LogP contribution in [0, 0.1) is 0 Å². The lowest BCUT2D eigenvalue weighted by Gasteiger charge is -2.23. The fourth-order valence-corrected chi connectivity index (χ4v) is 2.38. The van der Waals surface area contributed by atoms with Crippen LogP contribution in [0.1, 0.15) is 23.7 Å². The van der Waals surface area contributed by atoms with E-state index in [1.165, 1.54) is 0 Å². The van der Waals surface area contributed by atoms with Gasteiger partial charge in [0.2, 0.25) is 5.91 Å². The predicted molar refractivity (Wildman–Crippen MR) is 81.3 cm³/mol. The molecule has 1 saturated heterocycles. The zero-order chi connectivity index (χ0) is 15.4. The van der Waals surface area contributed by atoms with E-state index in [-0.39, 0.29) is 11.9 Å². The van der Waals surface area contributed by atoms with Crippen molar-refractivity contribution in [3.63, 3.8) is 0 Å². The van der Waals surface area contributed by atoms with Crippen molar-refractivity contribution in [2.24, 2.45) is 0 Å². The summed E-state index contributed by atoms with van der Waals surface area (Å²) < 4.78 is 4.95. The van der Waals surface area contributed by atoms with Crippen molar-refractivity contribution >= 4 is 23.3 Å². The number of ether oxygens (including phenoxy) is 1. The van der Waals surface area contributed by atoms with E-state index in [9.17, 15) is 9.59 Å². The molecule has 1 heterocycles. The van der Waals surface area contributed by atoms with Gasteiger partial charge in [0.15, 0.2) is 0 Å². The zero-order valence-electron chi connectivity index (χ0n) is 12.5. The summed E-state index contributed by atoms with van der Waals surface area (Å²) in [5.41, 5.74) is 7.74. The van der Waals surface area contributed by atoms with Gasteiger partial charge in [-0.3, -0.25) is 4.79 Å². The van der Waals surface area contributed by atoms with Gasteiger partial charge in [0, 0.05) is 20.1 Å². The largest absolute Gasteiger partial charge is 0.462 e. The summed E-state index contributed by atoms with van der Waals surface area (Å²) in [4.78, 5) is 27.3. The second kappa shape index (κ2) is 6.47. The van der Waals surface area contributed by atoms with Crippen LogP contribution in [0.15, 0.2) is 18.2 Å². The van der Waals surface area contributed by atoms with E-state index in [1.807, 2.05) is 4.90 Å². The van der Waals surface area contributed by atoms with E-state index >= 15 is 0 Å². The van der Waals surface area contributed by atoms with E-state index in [4.69, 9.17) is 10.5 Å². The highest BCUT2D eigenvalue weighted by molar-refractivity contribution is 5.92. The Morgan fingerprint density at radius 1 is 1.38 bits per heavy atom. The molecule has 0 atom stereocenters. The molecule has 114 valence electrons. The molecule has 2 N–H and O–H groups in total. The molecule has 0 spiro atoms. The Morgan fingerprint density at radius 2 is 2.14 bits per heavy atom. The first-order valence-electron chi connectivity index (χ1n) is 7.08. The lowest BCUT2D eigenvalue weighted by Crippen LogP contribution is -2.34. The van der Waals surface area contributed by atoms with Gasteiger partial charge in [-0.2, -0.15) is 0 Å². The predicted octanol–water partition coefficient (Wildman–Crippen LogP) is 1.11. The third-order valence-electron chi connectivity index (χ3n) is 3.55. The number of hydrogen-bond acceptors (Lipinski definition) is 5. The highest BCUT2D eigenvalue weighted by atomic mass is 16.5. The average Bonchev–Trinajstić information content (AvgIpc) is 2.61. The molecule has 1 amide bonds. The fraction of sp³-hybridized carbons (Fsp3) is 0.467. The number of nitrogen functional groups attached to an aromatic ring is 1. The number of amides is 1. The van der Waals surface area contributed by atoms with Gasteiger partial charge in [-0.15, -0.1) is 0 Å². The minimum Gasteiger partial charge on any atom is -0.462 e. The molecule has 2 rings (SSSR count). The number of hydrogen-bond donors (Lipinski definition) is 1. The van der Waals surface area contributed by atoms with E-state index in [2.05, 4.69) is 0 Å². The van der Waals surface area contributed by atoms with Gasteiger partial charge in [0.05, 0.1) is 30.1 Å². The Morgan fingerprint density at radius 3 is 2.81 bits per heavy atom. The van der Waals surface area contributed by atoms with Gasteiger partial charge in [-0.25, -0.2) is 4.79 Å². The molecule has 0 saturated carbocycles. The maximum atomic E-state index is 11.9. The van der Waals surface area contributed by atoms with Crippen molar-refractivity contribution in [3.8, 4) is 0 Å². The molecule has 1 aliphatic heterocycles. The smallest absolute Gasteiger partial charge is 0.338 e. The molecule has 0 radical (unpaired) electrons. The first kappa shape index (κ1) is 15.2. The van der Waals surface area contributed by atoms with Gasteiger partial charge < -0.3 is 20.3 Å². The standard InChI is InChI=1S/C15H21N3O3/c1-3-21-15(20)11-5-6-13(12(16)9-11)18-8-4-7-17(2)14(19)10-18/h5-6,9H,3-4,7-8,10,16H2,1-2H3. The Hall–Kier alpha value is -2.24. The van der Waals surface area contributed by atoms with Crippen LogP contribution in [-0.4, -0.2) is 50.1 Å². The monoisotopic (exact) mass is 291 g/mol. The van der Waals surface area contributed by atoms with Crippen LogP contribution in [0.5, 0.6) is 0 Å². The molecule has 1 aromatic rings. The van der Waals surface area contributed by atoms with Crippen LogP contribution in [0.3, 0.4) is 0 Å². The SMILES string of the molecule is CCOC(=O)c1ccc(N2CCCN(C)C(=O)C2)c(N)c1. The van der Waals surface area contributed by atoms with Crippen molar-refractivity contribution in [2.45, 2.75) is 13.3 Å². The van der Waals surface area contributed by atoms with E-state index in [0.717, 1.165) is 25.2 Å². The van der Waals surface area contributed by atoms with Crippen LogP contribution in [0.25, 0.3) is 0 Å². The molecule has 6 nitrogen and oxygen atoms in total. The van der Waals surface area contributed by atoms with Gasteiger partial charge in [0.25, 0.3) is 0 Å². The summed E-state index contributed by atoms with van der Waals surface area (Å²) in [5, 5.41) is 0. The second-order valence-electron chi connectivity index (χ2n) is 5.08. The number of carbonyl (C=O) groups excluding carboxylic acids is 2. The molecule has 6 heteroatoms. The Labute approximate surface area is 124 Å². The quantitative estimate of drug-likeness (QED) is 0.667. The molecule has 21 heavy (non-hydrogen) atoms. The Kier molecular flexibility index (Phi) is 4.67. The number of nitrogens with zero attached hydrogens (tertiary/aromatic N) is 2. The van der Waals surface area contributed by atoms with E-state index in [0.29, 0.717) is 24.4 Å². The molecule has 0 bridgehead atoms. The van der Waals surface area contributed by atoms with Crippen molar-refractivity contribution in [3.05, 3.63) is 23.8 Å². The molecule has 0 aliphatic carbocycles. The van der Waals surface area contributed by atoms with Crippen molar-refractivity contribution in [1.82, 2.24) is 4.90 Å². The molecule has 1 aliphatic rings. The molecular formula is C15H21N3O3. The van der Waals surface area contributed by atoms with Crippen LogP contribution < -0.4 is 10.6 Å². The van der Waals surface area contributed by atoms with Crippen molar-refractivity contribution in [2.75, 3.05) is 43.9 Å². The summed E-state index contributed by atoms with van der Waals surface area (Å²) in [6.45, 7) is 3.90. The number of carbonyl (C=O) groups is 2. The van der Waals surface area contributed by atoms with Crippen LogP contribution in [0.2, 0.25) is 0 Å². The topological polar surface area (TPSA) is 75.9 Å². The Bertz CT molecular complexity index is 545. The van der Waals surface area contributed by atoms with Gasteiger partial charge in [0.1, 0.15) is 0 Å². The van der Waals surface area contributed by atoms with Gasteiger partial charge in [-0.05, 0) is 31.5 Å². The van der Waals surface area contributed by atoms with Crippen molar-refractivity contribution in [1.29, 1.82) is 0 Å². The number of likely N-dealkylation sites (N-methyl/N-ethyl adjacent to an activating group) is 1. The first-order valence-corrected chi connectivity index (χ1v) is 7.08. The number of anilines is 2. The molecule has 0 aromatic heterocycles. The number of rotatable bonds is 3. The fourth-order valence-electron chi connectivity index (χ4n) is 2.38. The zero-order valence-corrected chi connectivity index (χ0v) is 12.5. The minimum atomic E-state index is -0.387.